The average molecular weight is 262 g/mol. The fourth-order valence-corrected chi connectivity index (χ4v) is 3.53. The van der Waals surface area contributed by atoms with Crippen molar-refractivity contribution in [2.24, 2.45) is 5.92 Å². The summed E-state index contributed by atoms with van der Waals surface area (Å²) in [6.07, 6.45) is 9.32. The lowest BCUT2D eigenvalue weighted by atomic mass is 9.98. The van der Waals surface area contributed by atoms with Crippen LogP contribution in [0.3, 0.4) is 0 Å². The Balaban J connectivity index is 1.60. The van der Waals surface area contributed by atoms with Crippen LogP contribution in [0.25, 0.3) is 0 Å². The molecule has 1 aromatic heterocycles. The van der Waals surface area contributed by atoms with Crippen molar-refractivity contribution in [2.75, 3.05) is 18.4 Å². The van der Waals surface area contributed by atoms with Crippen LogP contribution < -0.4 is 5.32 Å². The molecule has 0 aromatic carbocycles. The van der Waals surface area contributed by atoms with E-state index in [1.165, 1.54) is 38.8 Å². The Morgan fingerprint density at radius 3 is 3.11 bits per heavy atom. The van der Waals surface area contributed by atoms with Crippen LogP contribution in [-0.4, -0.2) is 39.6 Å². The maximum Gasteiger partial charge on any atom is 0.202 e. The molecule has 0 saturated carbocycles. The average Bonchev–Trinajstić information content (AvgIpc) is 2.98. The van der Waals surface area contributed by atoms with Crippen LogP contribution in [0, 0.1) is 5.92 Å². The van der Waals surface area contributed by atoms with E-state index in [1.54, 1.807) is 0 Å². The fraction of sp³-hybridized carbons (Fsp3) is 0.800. The van der Waals surface area contributed by atoms with Gasteiger partial charge in [-0.15, -0.1) is 0 Å². The first-order valence-electron chi connectivity index (χ1n) is 7.74. The second-order valence-corrected chi connectivity index (χ2v) is 6.49. The van der Waals surface area contributed by atoms with Gasteiger partial charge in [-0.1, -0.05) is 13.8 Å². The van der Waals surface area contributed by atoms with Gasteiger partial charge in [-0.25, -0.2) is 4.98 Å². The van der Waals surface area contributed by atoms with Crippen LogP contribution in [0.2, 0.25) is 0 Å². The minimum absolute atomic E-state index is 0.604. The molecule has 4 heteroatoms. The normalized spacial score (nSPS) is 27.7. The highest BCUT2D eigenvalue weighted by atomic mass is 15.2. The molecule has 2 unspecified atom stereocenters. The molecule has 3 rings (SSSR count). The Labute approximate surface area is 116 Å². The molecule has 0 aliphatic carbocycles. The molecular weight excluding hydrogens is 236 g/mol. The number of fused-ring (bicyclic) bond motifs is 1. The fourth-order valence-electron chi connectivity index (χ4n) is 3.53. The van der Waals surface area contributed by atoms with Crippen LogP contribution >= 0.6 is 0 Å². The molecule has 2 atom stereocenters. The predicted octanol–water partition coefficient (Wildman–Crippen LogP) is 2.58. The molecule has 3 heterocycles. The maximum absolute atomic E-state index is 4.49. The quantitative estimate of drug-likeness (QED) is 0.905. The second-order valence-electron chi connectivity index (χ2n) is 6.49. The van der Waals surface area contributed by atoms with Gasteiger partial charge in [0.2, 0.25) is 5.95 Å². The van der Waals surface area contributed by atoms with Gasteiger partial charge in [0, 0.05) is 37.6 Å². The van der Waals surface area contributed by atoms with Gasteiger partial charge in [-0.3, -0.25) is 0 Å². The molecular formula is C15H26N4. The predicted molar refractivity (Wildman–Crippen MR) is 78.3 cm³/mol. The van der Waals surface area contributed by atoms with Gasteiger partial charge in [-0.2, -0.15) is 0 Å². The second kappa shape index (κ2) is 5.53. The first-order valence-corrected chi connectivity index (χ1v) is 7.74. The molecule has 0 amide bonds. The number of hydrogen-bond acceptors (Lipinski definition) is 3. The van der Waals surface area contributed by atoms with Crippen LogP contribution in [0.4, 0.5) is 5.95 Å². The van der Waals surface area contributed by atoms with Crippen LogP contribution in [0.1, 0.15) is 39.5 Å². The van der Waals surface area contributed by atoms with E-state index < -0.39 is 0 Å². The lowest BCUT2D eigenvalue weighted by Crippen LogP contribution is -2.43. The molecule has 0 bridgehead atoms. The zero-order valence-corrected chi connectivity index (χ0v) is 12.2. The summed E-state index contributed by atoms with van der Waals surface area (Å²) >= 11 is 0. The summed E-state index contributed by atoms with van der Waals surface area (Å²) in [5, 5.41) is 3.67. The molecule has 2 aliphatic heterocycles. The lowest BCUT2D eigenvalue weighted by molar-refractivity contribution is 0.187. The Kier molecular flexibility index (Phi) is 3.78. The highest BCUT2D eigenvalue weighted by Crippen LogP contribution is 2.28. The largest absolute Gasteiger partial charge is 0.353 e. The molecule has 1 aromatic rings. The number of nitrogens with one attached hydrogen (secondary N) is 1. The SMILES string of the molecule is CC(C)Cn1ccnc1NC1CCN2CCCC2C1. The van der Waals surface area contributed by atoms with E-state index in [9.17, 15) is 0 Å². The van der Waals surface area contributed by atoms with Crippen molar-refractivity contribution in [3.8, 4) is 0 Å². The number of imidazole rings is 1. The van der Waals surface area contributed by atoms with E-state index in [0.29, 0.717) is 12.0 Å². The lowest BCUT2D eigenvalue weighted by Gasteiger charge is -2.35. The Morgan fingerprint density at radius 1 is 1.37 bits per heavy atom. The van der Waals surface area contributed by atoms with Gasteiger partial charge in [-0.05, 0) is 38.1 Å². The minimum atomic E-state index is 0.604. The van der Waals surface area contributed by atoms with E-state index in [0.717, 1.165) is 18.5 Å². The Morgan fingerprint density at radius 2 is 2.26 bits per heavy atom. The van der Waals surface area contributed by atoms with Crippen molar-refractivity contribution in [1.82, 2.24) is 14.5 Å². The third-order valence-electron chi connectivity index (χ3n) is 4.43. The number of anilines is 1. The molecule has 4 nitrogen and oxygen atoms in total. The smallest absolute Gasteiger partial charge is 0.202 e. The van der Waals surface area contributed by atoms with Gasteiger partial charge in [0.15, 0.2) is 0 Å². The number of aromatic nitrogens is 2. The molecule has 1 N–H and O–H groups in total. The molecule has 2 fully saturated rings. The number of rotatable bonds is 4. The summed E-state index contributed by atoms with van der Waals surface area (Å²) < 4.78 is 2.26. The van der Waals surface area contributed by atoms with Crippen molar-refractivity contribution in [3.63, 3.8) is 0 Å². The minimum Gasteiger partial charge on any atom is -0.353 e. The van der Waals surface area contributed by atoms with Crippen molar-refractivity contribution < 1.29 is 0 Å². The van der Waals surface area contributed by atoms with E-state index in [4.69, 9.17) is 0 Å². The van der Waals surface area contributed by atoms with Gasteiger partial charge < -0.3 is 14.8 Å². The van der Waals surface area contributed by atoms with Crippen molar-refractivity contribution in [1.29, 1.82) is 0 Å². The van der Waals surface area contributed by atoms with Crippen molar-refractivity contribution in [3.05, 3.63) is 12.4 Å². The highest BCUT2D eigenvalue weighted by Gasteiger charge is 2.31. The van der Waals surface area contributed by atoms with Crippen LogP contribution in [0.5, 0.6) is 0 Å². The monoisotopic (exact) mass is 262 g/mol. The zero-order valence-electron chi connectivity index (χ0n) is 12.2. The highest BCUT2D eigenvalue weighted by molar-refractivity contribution is 5.28. The summed E-state index contributed by atoms with van der Waals surface area (Å²) in [5.41, 5.74) is 0. The Bertz CT molecular complexity index is 412. The molecule has 2 saturated heterocycles. The standard InChI is InChI=1S/C15H26N4/c1-12(2)11-19-9-6-16-15(19)17-13-5-8-18-7-3-4-14(18)10-13/h6,9,12-14H,3-5,7-8,10-11H2,1-2H3,(H,16,17). The molecule has 0 radical (unpaired) electrons. The van der Waals surface area contributed by atoms with Crippen LogP contribution in [-0.2, 0) is 6.54 Å². The third-order valence-corrected chi connectivity index (χ3v) is 4.43. The molecule has 0 spiro atoms. The topological polar surface area (TPSA) is 33.1 Å². The third kappa shape index (κ3) is 2.94. The number of piperidine rings is 1. The van der Waals surface area contributed by atoms with Crippen molar-refractivity contribution >= 4 is 5.95 Å². The van der Waals surface area contributed by atoms with Gasteiger partial charge in [0.05, 0.1) is 0 Å². The molecule has 19 heavy (non-hydrogen) atoms. The van der Waals surface area contributed by atoms with E-state index >= 15 is 0 Å². The Hall–Kier alpha value is -1.03. The summed E-state index contributed by atoms with van der Waals surface area (Å²) in [5.74, 6) is 1.72. The first kappa shape index (κ1) is 13.0. The van der Waals surface area contributed by atoms with E-state index in [1.807, 2.05) is 6.20 Å². The summed E-state index contributed by atoms with van der Waals surface area (Å²) in [6.45, 7) is 8.12. The maximum atomic E-state index is 4.49. The van der Waals surface area contributed by atoms with Gasteiger partial charge in [0.25, 0.3) is 0 Å². The van der Waals surface area contributed by atoms with Gasteiger partial charge >= 0.3 is 0 Å². The van der Waals surface area contributed by atoms with E-state index in [-0.39, 0.29) is 0 Å². The molecule has 2 aliphatic rings. The zero-order chi connectivity index (χ0) is 13.2. The van der Waals surface area contributed by atoms with Gasteiger partial charge in [0.1, 0.15) is 0 Å². The summed E-state index contributed by atoms with van der Waals surface area (Å²) in [4.78, 5) is 7.15. The first-order chi connectivity index (χ1) is 9.22. The molecule has 106 valence electrons. The van der Waals surface area contributed by atoms with E-state index in [2.05, 4.69) is 39.8 Å². The number of nitrogens with zero attached hydrogens (tertiary/aromatic N) is 3. The van der Waals surface area contributed by atoms with Crippen molar-refractivity contribution in [2.45, 2.75) is 58.2 Å². The number of hydrogen-bond donors (Lipinski definition) is 1. The van der Waals surface area contributed by atoms with Crippen LogP contribution in [0.15, 0.2) is 12.4 Å². The summed E-state index contributed by atoms with van der Waals surface area (Å²) in [7, 11) is 0. The summed E-state index contributed by atoms with van der Waals surface area (Å²) in [6, 6.07) is 1.42.